The maximum atomic E-state index is 13.0. The van der Waals surface area contributed by atoms with Gasteiger partial charge in [0, 0.05) is 19.3 Å². The molecule has 0 aromatic rings. The molecule has 6 nitrogen and oxygen atoms in total. The molecule has 0 saturated carbocycles. The number of allylic oxidation sites excluding steroid dienone is 6. The fraction of sp³-hybridized carbons (Fsp3) is 0.883. The van der Waals surface area contributed by atoms with Crippen LogP contribution in [0.2, 0.25) is 0 Å². The van der Waals surface area contributed by atoms with Gasteiger partial charge in [-0.15, -0.1) is 0 Å². The number of ether oxygens (including phenoxy) is 3. The third-order valence-corrected chi connectivity index (χ3v) is 17.1. The van der Waals surface area contributed by atoms with Gasteiger partial charge in [0.15, 0.2) is 6.10 Å². The minimum Gasteiger partial charge on any atom is -0.462 e. The van der Waals surface area contributed by atoms with Crippen LogP contribution in [0.15, 0.2) is 36.5 Å². The summed E-state index contributed by atoms with van der Waals surface area (Å²) >= 11 is 0. The lowest BCUT2D eigenvalue weighted by Gasteiger charge is -2.18. The van der Waals surface area contributed by atoms with Crippen LogP contribution in [0, 0.1) is 0 Å². The molecule has 0 aliphatic rings. The summed E-state index contributed by atoms with van der Waals surface area (Å²) in [6.07, 6.45) is 90.4. The van der Waals surface area contributed by atoms with Crippen molar-refractivity contribution in [3.8, 4) is 0 Å². The van der Waals surface area contributed by atoms with Crippen molar-refractivity contribution >= 4 is 17.9 Å². The van der Waals surface area contributed by atoms with Crippen molar-refractivity contribution in [3.05, 3.63) is 36.5 Å². The van der Waals surface area contributed by atoms with Gasteiger partial charge in [0.1, 0.15) is 13.2 Å². The average Bonchev–Trinajstić information content (AvgIpc) is 3.49. The summed E-state index contributed by atoms with van der Waals surface area (Å²) in [7, 11) is 0. The highest BCUT2D eigenvalue weighted by atomic mass is 16.6. The largest absolute Gasteiger partial charge is 0.462 e. The van der Waals surface area contributed by atoms with E-state index in [-0.39, 0.29) is 31.1 Å². The monoisotopic (exact) mass is 1170 g/mol. The lowest BCUT2D eigenvalue weighted by Crippen LogP contribution is -2.30. The molecule has 83 heavy (non-hydrogen) atoms. The lowest BCUT2D eigenvalue weighted by atomic mass is 10.0. The van der Waals surface area contributed by atoms with E-state index in [0.717, 1.165) is 70.6 Å². The van der Waals surface area contributed by atoms with E-state index in [1.165, 1.54) is 308 Å². The Morgan fingerprint density at radius 2 is 0.434 bits per heavy atom. The van der Waals surface area contributed by atoms with Gasteiger partial charge in [-0.3, -0.25) is 14.4 Å². The van der Waals surface area contributed by atoms with E-state index in [1.807, 2.05) is 0 Å². The Kier molecular flexibility index (Phi) is 70.0. The zero-order chi connectivity index (χ0) is 59.9. The van der Waals surface area contributed by atoms with E-state index in [4.69, 9.17) is 14.2 Å². The Bertz CT molecular complexity index is 1380. The van der Waals surface area contributed by atoms with Crippen LogP contribution < -0.4 is 0 Å². The minimum atomic E-state index is -0.768. The number of esters is 3. The van der Waals surface area contributed by atoms with E-state index in [0.29, 0.717) is 19.3 Å². The first-order chi connectivity index (χ1) is 41.0. The molecule has 0 N–H and O–H groups in total. The second-order valence-electron chi connectivity index (χ2n) is 25.6. The Labute approximate surface area is 518 Å². The molecule has 0 bridgehead atoms. The number of unbranched alkanes of at least 4 members (excludes halogenated alkanes) is 53. The van der Waals surface area contributed by atoms with Gasteiger partial charge in [-0.05, 0) is 57.8 Å². The quantitative estimate of drug-likeness (QED) is 0.0261. The first-order valence-corrected chi connectivity index (χ1v) is 37.5. The van der Waals surface area contributed by atoms with Crippen LogP contribution in [0.3, 0.4) is 0 Å². The molecule has 0 radical (unpaired) electrons. The van der Waals surface area contributed by atoms with Gasteiger partial charge < -0.3 is 14.2 Å². The predicted octanol–water partition coefficient (Wildman–Crippen LogP) is 25.9. The molecule has 0 aromatic carbocycles. The number of carbonyl (C=O) groups is 3. The van der Waals surface area contributed by atoms with Crippen LogP contribution in [0.25, 0.3) is 0 Å². The maximum absolute atomic E-state index is 13.0. The van der Waals surface area contributed by atoms with Gasteiger partial charge in [-0.25, -0.2) is 0 Å². The fourth-order valence-corrected chi connectivity index (χ4v) is 11.5. The van der Waals surface area contributed by atoms with Crippen molar-refractivity contribution < 1.29 is 28.6 Å². The molecule has 0 aliphatic heterocycles. The summed E-state index contributed by atoms with van der Waals surface area (Å²) < 4.78 is 17.0. The van der Waals surface area contributed by atoms with Crippen molar-refractivity contribution in [1.29, 1.82) is 0 Å². The summed E-state index contributed by atoms with van der Waals surface area (Å²) in [5, 5.41) is 0. The molecule has 0 aromatic heterocycles. The minimum absolute atomic E-state index is 0.0641. The molecular formula is C77H144O6. The van der Waals surface area contributed by atoms with Gasteiger partial charge in [0.2, 0.25) is 0 Å². The van der Waals surface area contributed by atoms with Crippen LogP contribution in [0.1, 0.15) is 419 Å². The van der Waals surface area contributed by atoms with Crippen LogP contribution >= 0.6 is 0 Å². The Balaban J connectivity index is 4.19. The highest BCUT2D eigenvalue weighted by Crippen LogP contribution is 2.19. The maximum Gasteiger partial charge on any atom is 0.306 e. The van der Waals surface area contributed by atoms with Crippen molar-refractivity contribution in [3.63, 3.8) is 0 Å². The van der Waals surface area contributed by atoms with Gasteiger partial charge in [-0.2, -0.15) is 0 Å². The van der Waals surface area contributed by atoms with E-state index in [2.05, 4.69) is 57.2 Å². The van der Waals surface area contributed by atoms with Gasteiger partial charge >= 0.3 is 17.9 Å². The number of hydrogen-bond acceptors (Lipinski definition) is 6. The summed E-state index contributed by atoms with van der Waals surface area (Å²) in [6.45, 7) is 6.72. The molecule has 6 heteroatoms. The van der Waals surface area contributed by atoms with Crippen molar-refractivity contribution in [2.45, 2.75) is 425 Å². The third-order valence-electron chi connectivity index (χ3n) is 17.1. The second-order valence-corrected chi connectivity index (χ2v) is 25.6. The molecule has 488 valence electrons. The van der Waals surface area contributed by atoms with Crippen LogP contribution in [0.4, 0.5) is 0 Å². The molecule has 0 aliphatic carbocycles. The third kappa shape index (κ3) is 70.3. The summed E-state index contributed by atoms with van der Waals surface area (Å²) in [4.78, 5) is 38.5. The molecule has 0 amide bonds. The van der Waals surface area contributed by atoms with E-state index < -0.39 is 6.10 Å². The molecule has 0 saturated heterocycles. The fourth-order valence-electron chi connectivity index (χ4n) is 11.5. The molecule has 1 unspecified atom stereocenters. The molecule has 0 spiro atoms. The first-order valence-electron chi connectivity index (χ1n) is 37.5. The Hall–Kier alpha value is -2.37. The number of rotatable bonds is 70. The van der Waals surface area contributed by atoms with Crippen LogP contribution in [-0.4, -0.2) is 37.2 Å². The smallest absolute Gasteiger partial charge is 0.306 e. The first kappa shape index (κ1) is 80.6. The zero-order valence-corrected chi connectivity index (χ0v) is 56.2. The molecule has 0 fully saturated rings. The van der Waals surface area contributed by atoms with Crippen molar-refractivity contribution in [1.82, 2.24) is 0 Å². The molecular weight excluding hydrogens is 1020 g/mol. The summed E-state index contributed by atoms with van der Waals surface area (Å²) in [5.41, 5.74) is 0. The van der Waals surface area contributed by atoms with Gasteiger partial charge in [0.25, 0.3) is 0 Å². The highest BCUT2D eigenvalue weighted by molar-refractivity contribution is 5.71. The summed E-state index contributed by atoms with van der Waals surface area (Å²) in [5.74, 6) is -0.828. The van der Waals surface area contributed by atoms with Crippen molar-refractivity contribution in [2.75, 3.05) is 13.2 Å². The van der Waals surface area contributed by atoms with Crippen molar-refractivity contribution in [2.24, 2.45) is 0 Å². The summed E-state index contributed by atoms with van der Waals surface area (Å²) in [6, 6.07) is 0. The van der Waals surface area contributed by atoms with Crippen LogP contribution in [-0.2, 0) is 28.6 Å². The molecule has 0 rings (SSSR count). The second kappa shape index (κ2) is 72.1. The SMILES string of the molecule is CCCCCCC/C=C\C/C=C\C/C=C\CCCCCCCCCCCCCCCCCCC(=O)OCC(COC(=O)CCCCCCCCCCCCCCCCC)OC(=O)CCCCCCCCCCCCCCCCCCCCC. The Morgan fingerprint density at radius 1 is 0.241 bits per heavy atom. The van der Waals surface area contributed by atoms with Crippen LogP contribution in [0.5, 0.6) is 0 Å². The van der Waals surface area contributed by atoms with Gasteiger partial charge in [-0.1, -0.05) is 378 Å². The number of hydrogen-bond donors (Lipinski definition) is 0. The topological polar surface area (TPSA) is 78.9 Å². The van der Waals surface area contributed by atoms with Gasteiger partial charge in [0.05, 0.1) is 0 Å². The molecule has 0 heterocycles. The Morgan fingerprint density at radius 3 is 0.675 bits per heavy atom. The molecule has 1 atom stereocenters. The number of carbonyl (C=O) groups excluding carboxylic acids is 3. The lowest BCUT2D eigenvalue weighted by molar-refractivity contribution is -0.167. The normalized spacial score (nSPS) is 12.2. The average molecular weight is 1170 g/mol. The highest BCUT2D eigenvalue weighted by Gasteiger charge is 2.20. The van der Waals surface area contributed by atoms with E-state index >= 15 is 0 Å². The standard InChI is InChI=1S/C77H144O6/c1-4-7-10-13-16-19-22-25-28-30-32-33-34-35-36-37-38-39-40-41-42-43-45-46-49-52-55-58-61-64-67-70-76(79)82-73-74(72-81-75(78)69-66-63-60-57-54-51-48-27-24-21-18-15-12-9-6-3)83-77(80)71-68-65-62-59-56-53-50-47-44-31-29-26-23-20-17-14-11-8-5-2/h22,25,30,32,34-35,74H,4-21,23-24,26-29,31,33,36-73H2,1-3H3/b25-22-,32-30-,35-34-. The van der Waals surface area contributed by atoms with E-state index in [1.54, 1.807) is 0 Å². The predicted molar refractivity (Wildman–Crippen MR) is 362 cm³/mol. The van der Waals surface area contributed by atoms with E-state index in [9.17, 15) is 14.4 Å². The zero-order valence-electron chi connectivity index (χ0n) is 56.2.